The summed E-state index contributed by atoms with van der Waals surface area (Å²) in [4.78, 5) is 14.1. The van der Waals surface area contributed by atoms with E-state index in [0.29, 0.717) is 32.2 Å². The summed E-state index contributed by atoms with van der Waals surface area (Å²) >= 11 is 0. The summed E-state index contributed by atoms with van der Waals surface area (Å²) in [6, 6.07) is 11.5. The number of aromatic nitrogens is 2. The fourth-order valence-electron chi connectivity index (χ4n) is 2.37. The molecule has 0 N–H and O–H groups in total. The number of rotatable bonds is 4. The van der Waals surface area contributed by atoms with E-state index in [0.717, 1.165) is 5.69 Å². The van der Waals surface area contributed by atoms with Crippen LogP contribution in [0.4, 0.5) is 0 Å². The maximum atomic E-state index is 12.3. The third kappa shape index (κ3) is 3.28. The largest absolute Gasteiger partial charge is 0.463 e. The minimum absolute atomic E-state index is 0.0300. The molecule has 2 aromatic rings. The Kier molecular flexibility index (Phi) is 4.39. The van der Waals surface area contributed by atoms with Crippen LogP contribution in [0.5, 0.6) is 5.88 Å². The van der Waals surface area contributed by atoms with Crippen molar-refractivity contribution in [2.75, 3.05) is 26.3 Å². The number of hydrogen-bond acceptors (Lipinski definition) is 4. The Hall–Kier alpha value is -2.34. The Balaban J connectivity index is 1.63. The number of benzene rings is 1. The topological polar surface area (TPSA) is 56.6 Å². The van der Waals surface area contributed by atoms with Gasteiger partial charge in [0.2, 0.25) is 5.88 Å². The molecule has 0 spiro atoms. The molecule has 0 bridgehead atoms. The van der Waals surface area contributed by atoms with Gasteiger partial charge < -0.3 is 14.4 Å². The maximum absolute atomic E-state index is 12.3. The van der Waals surface area contributed by atoms with Crippen LogP contribution in [-0.2, 0) is 9.53 Å². The third-order valence-corrected chi connectivity index (χ3v) is 3.55. The minimum atomic E-state index is -0.558. The zero-order valence-corrected chi connectivity index (χ0v) is 12.5. The molecule has 1 saturated heterocycles. The summed E-state index contributed by atoms with van der Waals surface area (Å²) < 4.78 is 12.6. The predicted octanol–water partition coefficient (Wildman–Crippen LogP) is 1.50. The molecule has 1 atom stereocenters. The van der Waals surface area contributed by atoms with E-state index in [2.05, 4.69) is 5.10 Å². The maximum Gasteiger partial charge on any atom is 0.263 e. The first-order valence-electron chi connectivity index (χ1n) is 7.38. The molecule has 1 amide bonds. The number of carbonyl (C=O) groups excluding carboxylic acids is 1. The van der Waals surface area contributed by atoms with Crippen LogP contribution < -0.4 is 4.74 Å². The molecule has 6 nitrogen and oxygen atoms in total. The van der Waals surface area contributed by atoms with Crippen molar-refractivity contribution in [3.63, 3.8) is 0 Å². The molecule has 3 rings (SSSR count). The van der Waals surface area contributed by atoms with Crippen molar-refractivity contribution in [1.29, 1.82) is 0 Å². The highest BCUT2D eigenvalue weighted by atomic mass is 16.5. The van der Waals surface area contributed by atoms with Gasteiger partial charge in [-0.05, 0) is 19.1 Å². The number of morpholine rings is 1. The Morgan fingerprint density at radius 3 is 2.68 bits per heavy atom. The molecule has 116 valence electrons. The summed E-state index contributed by atoms with van der Waals surface area (Å²) in [5, 5.41) is 4.35. The van der Waals surface area contributed by atoms with Crippen molar-refractivity contribution in [3.05, 3.63) is 42.6 Å². The second-order valence-electron chi connectivity index (χ2n) is 5.13. The van der Waals surface area contributed by atoms with Gasteiger partial charge in [0.15, 0.2) is 6.10 Å². The van der Waals surface area contributed by atoms with E-state index in [1.807, 2.05) is 36.5 Å². The fourth-order valence-corrected chi connectivity index (χ4v) is 2.37. The van der Waals surface area contributed by atoms with Crippen LogP contribution in [0.15, 0.2) is 42.6 Å². The van der Waals surface area contributed by atoms with E-state index in [1.54, 1.807) is 22.6 Å². The van der Waals surface area contributed by atoms with Crippen LogP contribution in [-0.4, -0.2) is 53.0 Å². The number of carbonyl (C=O) groups is 1. The Bertz CT molecular complexity index is 621. The van der Waals surface area contributed by atoms with E-state index in [1.165, 1.54) is 0 Å². The monoisotopic (exact) mass is 301 g/mol. The first-order valence-corrected chi connectivity index (χ1v) is 7.38. The lowest BCUT2D eigenvalue weighted by Crippen LogP contribution is -2.46. The van der Waals surface area contributed by atoms with E-state index in [4.69, 9.17) is 9.47 Å². The van der Waals surface area contributed by atoms with Gasteiger partial charge in [-0.15, -0.1) is 5.10 Å². The lowest BCUT2D eigenvalue weighted by molar-refractivity contribution is -0.142. The number of ether oxygens (including phenoxy) is 2. The second-order valence-corrected chi connectivity index (χ2v) is 5.13. The van der Waals surface area contributed by atoms with Crippen molar-refractivity contribution in [3.8, 4) is 11.6 Å². The second kappa shape index (κ2) is 6.62. The van der Waals surface area contributed by atoms with Gasteiger partial charge in [0.05, 0.1) is 18.9 Å². The van der Waals surface area contributed by atoms with Crippen molar-refractivity contribution in [1.82, 2.24) is 14.7 Å². The van der Waals surface area contributed by atoms with E-state index in [-0.39, 0.29) is 5.91 Å². The van der Waals surface area contributed by atoms with Crippen LogP contribution in [0.3, 0.4) is 0 Å². The van der Waals surface area contributed by atoms with Crippen LogP contribution in [0.25, 0.3) is 5.69 Å². The molecule has 6 heteroatoms. The standard InChI is InChI=1S/C16H19N3O3/c1-13(16(20)18-9-11-21-12-10-18)22-15-7-8-19(17-15)14-5-3-2-4-6-14/h2-8,13H,9-12H2,1H3/t13-/m0/s1. The average Bonchev–Trinajstić information content (AvgIpc) is 3.04. The van der Waals surface area contributed by atoms with Crippen LogP contribution >= 0.6 is 0 Å². The molecule has 1 fully saturated rings. The average molecular weight is 301 g/mol. The molecule has 1 aliphatic rings. The molecule has 1 aliphatic heterocycles. The Labute approximate surface area is 129 Å². The van der Waals surface area contributed by atoms with Gasteiger partial charge in [-0.25, -0.2) is 4.68 Å². The molecule has 0 saturated carbocycles. The molecule has 22 heavy (non-hydrogen) atoms. The third-order valence-electron chi connectivity index (χ3n) is 3.55. The molecular weight excluding hydrogens is 282 g/mol. The zero-order valence-electron chi connectivity index (χ0n) is 12.5. The van der Waals surface area contributed by atoms with E-state index < -0.39 is 6.10 Å². The van der Waals surface area contributed by atoms with Crippen molar-refractivity contribution < 1.29 is 14.3 Å². The summed E-state index contributed by atoms with van der Waals surface area (Å²) in [5.41, 5.74) is 0.949. The number of amides is 1. The lowest BCUT2D eigenvalue weighted by atomic mass is 10.3. The Morgan fingerprint density at radius 1 is 1.23 bits per heavy atom. The lowest BCUT2D eigenvalue weighted by Gasteiger charge is -2.28. The Morgan fingerprint density at radius 2 is 1.95 bits per heavy atom. The summed E-state index contributed by atoms with van der Waals surface area (Å²) in [5.74, 6) is 0.413. The van der Waals surface area contributed by atoms with Crippen LogP contribution in [0.2, 0.25) is 0 Å². The molecule has 2 heterocycles. The highest BCUT2D eigenvalue weighted by Crippen LogP contribution is 2.14. The molecule has 0 unspecified atom stereocenters. The molecule has 1 aromatic carbocycles. The molecular formula is C16H19N3O3. The highest BCUT2D eigenvalue weighted by Gasteiger charge is 2.24. The van der Waals surface area contributed by atoms with Gasteiger partial charge in [0.25, 0.3) is 5.91 Å². The molecule has 0 aliphatic carbocycles. The quantitative estimate of drug-likeness (QED) is 0.859. The molecule has 0 radical (unpaired) electrons. The van der Waals surface area contributed by atoms with Gasteiger partial charge in [-0.2, -0.15) is 0 Å². The number of para-hydroxylation sites is 1. The fraction of sp³-hybridized carbons (Fsp3) is 0.375. The highest BCUT2D eigenvalue weighted by molar-refractivity contribution is 5.80. The summed E-state index contributed by atoms with van der Waals surface area (Å²) in [6.45, 7) is 4.15. The van der Waals surface area contributed by atoms with Gasteiger partial charge in [-0.1, -0.05) is 18.2 Å². The normalized spacial score (nSPS) is 16.3. The zero-order chi connectivity index (χ0) is 15.4. The smallest absolute Gasteiger partial charge is 0.263 e. The first-order chi connectivity index (χ1) is 10.7. The molecule has 1 aromatic heterocycles. The van der Waals surface area contributed by atoms with Gasteiger partial charge >= 0.3 is 0 Å². The van der Waals surface area contributed by atoms with E-state index >= 15 is 0 Å². The van der Waals surface area contributed by atoms with Gasteiger partial charge in [-0.3, -0.25) is 4.79 Å². The van der Waals surface area contributed by atoms with Crippen molar-refractivity contribution in [2.24, 2.45) is 0 Å². The summed E-state index contributed by atoms with van der Waals surface area (Å²) in [7, 11) is 0. The van der Waals surface area contributed by atoms with Gasteiger partial charge in [0.1, 0.15) is 0 Å². The SMILES string of the molecule is C[C@H](Oc1ccn(-c2ccccc2)n1)C(=O)N1CCOCC1. The number of nitrogens with zero attached hydrogens (tertiary/aromatic N) is 3. The van der Waals surface area contributed by atoms with Crippen molar-refractivity contribution in [2.45, 2.75) is 13.0 Å². The number of hydrogen-bond donors (Lipinski definition) is 0. The minimum Gasteiger partial charge on any atom is -0.463 e. The van der Waals surface area contributed by atoms with Crippen LogP contribution in [0.1, 0.15) is 6.92 Å². The van der Waals surface area contributed by atoms with E-state index in [9.17, 15) is 4.79 Å². The van der Waals surface area contributed by atoms with Crippen LogP contribution in [0, 0.1) is 0 Å². The summed E-state index contributed by atoms with van der Waals surface area (Å²) in [6.07, 6.45) is 1.26. The predicted molar refractivity (Wildman–Crippen MR) is 81.1 cm³/mol. The first kappa shape index (κ1) is 14.6. The van der Waals surface area contributed by atoms with Gasteiger partial charge in [0, 0.05) is 25.4 Å². The van der Waals surface area contributed by atoms with Crippen molar-refractivity contribution >= 4 is 5.91 Å².